The molecular weight excluding hydrogens is 235 g/mol. The first-order valence-electron chi connectivity index (χ1n) is 4.28. The van der Waals surface area contributed by atoms with E-state index >= 15 is 0 Å². The van der Waals surface area contributed by atoms with Crippen LogP contribution in [0.15, 0.2) is 0 Å². The van der Waals surface area contributed by atoms with E-state index in [0.29, 0.717) is 0 Å². The Morgan fingerprint density at radius 3 is 2.27 bits per heavy atom. The highest BCUT2D eigenvalue weighted by atomic mass is 35.5. The number of alkyl halides is 4. The van der Waals surface area contributed by atoms with Crippen molar-refractivity contribution in [3.05, 3.63) is 0 Å². The second kappa shape index (κ2) is 3.83. The lowest BCUT2D eigenvalue weighted by Crippen LogP contribution is -2.71. The van der Waals surface area contributed by atoms with E-state index in [-0.39, 0.29) is 0 Å². The molecule has 0 N–H and O–H groups in total. The van der Waals surface area contributed by atoms with Crippen LogP contribution >= 0.6 is 11.6 Å². The van der Waals surface area contributed by atoms with Gasteiger partial charge in [-0.05, 0) is 6.92 Å². The van der Waals surface area contributed by atoms with Crippen LogP contribution in [0, 0.1) is 0 Å². The molecule has 1 aliphatic heterocycles. The molecule has 1 rings (SSSR count). The number of halogens is 4. The third-order valence-electron chi connectivity index (χ3n) is 2.45. The predicted octanol–water partition coefficient (Wildman–Crippen LogP) is 1.40. The molecule has 1 fully saturated rings. The van der Waals surface area contributed by atoms with Crippen LogP contribution in [-0.4, -0.2) is 48.2 Å². The van der Waals surface area contributed by atoms with E-state index in [1.54, 1.807) is 0 Å². The molecule has 7 heteroatoms. The molecule has 88 valence electrons. The van der Waals surface area contributed by atoms with Gasteiger partial charge >= 0.3 is 6.18 Å². The quantitative estimate of drug-likeness (QED) is 0.689. The topological polar surface area (TPSA) is 29.5 Å². The average Bonchev–Trinajstić information content (AvgIpc) is 1.99. The number of ether oxygens (including phenoxy) is 1. The maximum Gasteiger partial charge on any atom is 0.420 e. The molecular formula is C8H11ClF3NO2. The summed E-state index contributed by atoms with van der Waals surface area (Å²) in [7, 11) is 0.986. The highest BCUT2D eigenvalue weighted by Gasteiger charge is 2.63. The molecule has 0 saturated carbocycles. The second-order valence-electron chi connectivity index (χ2n) is 3.51. The number of methoxy groups -OCH3 is 1. The molecule has 15 heavy (non-hydrogen) atoms. The number of likely N-dealkylation sites (tertiary alicyclic amines) is 1. The molecule has 0 aromatic carbocycles. The van der Waals surface area contributed by atoms with Gasteiger partial charge in [-0.25, -0.2) is 0 Å². The number of nitrogens with zero attached hydrogens (tertiary/aromatic N) is 1. The first kappa shape index (κ1) is 12.6. The van der Waals surface area contributed by atoms with Gasteiger partial charge in [0.1, 0.15) is 5.38 Å². The number of hydrogen-bond donors (Lipinski definition) is 0. The molecule has 0 aromatic rings. The summed E-state index contributed by atoms with van der Waals surface area (Å²) >= 11 is 5.47. The Bertz CT molecular complexity index is 261. The van der Waals surface area contributed by atoms with Gasteiger partial charge in [-0.15, -0.1) is 11.6 Å². The highest BCUT2D eigenvalue weighted by molar-refractivity contribution is 6.30. The number of carbonyl (C=O) groups is 1. The van der Waals surface area contributed by atoms with Crippen LogP contribution in [0.1, 0.15) is 6.92 Å². The van der Waals surface area contributed by atoms with E-state index in [0.717, 1.165) is 12.0 Å². The van der Waals surface area contributed by atoms with Crippen molar-refractivity contribution in [2.24, 2.45) is 0 Å². The standard InChI is InChI=1S/C8H11ClF3NO2/c1-5(9)6(14)13-3-7(4-13,15-2)8(10,11)12/h5H,3-4H2,1-2H3. The first-order chi connectivity index (χ1) is 6.73. The predicted molar refractivity (Wildman–Crippen MR) is 47.7 cm³/mol. The average molecular weight is 246 g/mol. The molecule has 1 saturated heterocycles. The fourth-order valence-electron chi connectivity index (χ4n) is 1.40. The normalized spacial score (nSPS) is 22.1. The van der Waals surface area contributed by atoms with Crippen molar-refractivity contribution < 1.29 is 22.7 Å². The minimum Gasteiger partial charge on any atom is -0.365 e. The van der Waals surface area contributed by atoms with Crippen LogP contribution in [-0.2, 0) is 9.53 Å². The smallest absolute Gasteiger partial charge is 0.365 e. The third kappa shape index (κ3) is 2.06. The van der Waals surface area contributed by atoms with Gasteiger partial charge in [0.25, 0.3) is 0 Å². The SMILES string of the molecule is COC1(C(F)(F)F)CN(C(=O)C(C)Cl)C1. The van der Waals surface area contributed by atoms with Crippen LogP contribution in [0.25, 0.3) is 0 Å². The van der Waals surface area contributed by atoms with E-state index < -0.39 is 36.2 Å². The van der Waals surface area contributed by atoms with Crippen LogP contribution < -0.4 is 0 Å². The van der Waals surface area contributed by atoms with E-state index in [9.17, 15) is 18.0 Å². The monoisotopic (exact) mass is 245 g/mol. The Morgan fingerprint density at radius 1 is 1.53 bits per heavy atom. The molecule has 3 nitrogen and oxygen atoms in total. The van der Waals surface area contributed by atoms with Gasteiger partial charge in [-0.2, -0.15) is 13.2 Å². The summed E-state index contributed by atoms with van der Waals surface area (Å²) in [5, 5.41) is -0.812. The largest absolute Gasteiger partial charge is 0.420 e. The van der Waals surface area contributed by atoms with Crippen molar-refractivity contribution in [1.29, 1.82) is 0 Å². The van der Waals surface area contributed by atoms with Gasteiger partial charge in [-0.1, -0.05) is 0 Å². The number of hydrogen-bond acceptors (Lipinski definition) is 2. The number of carbonyl (C=O) groups excluding carboxylic acids is 1. The van der Waals surface area contributed by atoms with Crippen LogP contribution in [0.2, 0.25) is 0 Å². The molecule has 1 amide bonds. The van der Waals surface area contributed by atoms with Crippen LogP contribution in [0.3, 0.4) is 0 Å². The van der Waals surface area contributed by atoms with E-state index in [2.05, 4.69) is 4.74 Å². The van der Waals surface area contributed by atoms with Crippen molar-refractivity contribution in [2.45, 2.75) is 24.1 Å². The molecule has 0 bridgehead atoms. The van der Waals surface area contributed by atoms with E-state index in [1.165, 1.54) is 6.92 Å². The minimum atomic E-state index is -4.46. The van der Waals surface area contributed by atoms with Crippen molar-refractivity contribution in [3.8, 4) is 0 Å². The summed E-state index contributed by atoms with van der Waals surface area (Å²) < 4.78 is 41.9. The number of amides is 1. The molecule has 0 aromatic heterocycles. The summed E-state index contributed by atoms with van der Waals surface area (Å²) in [6, 6.07) is 0. The molecule has 1 unspecified atom stereocenters. The second-order valence-corrected chi connectivity index (χ2v) is 4.16. The highest BCUT2D eigenvalue weighted by Crippen LogP contribution is 2.40. The lowest BCUT2D eigenvalue weighted by atomic mass is 9.92. The molecule has 0 radical (unpaired) electrons. The Labute approximate surface area is 90.1 Å². The molecule has 0 spiro atoms. The van der Waals surface area contributed by atoms with Crippen molar-refractivity contribution >= 4 is 17.5 Å². The summed E-state index contributed by atoms with van der Waals surface area (Å²) in [4.78, 5) is 12.3. The molecule has 1 heterocycles. The zero-order valence-electron chi connectivity index (χ0n) is 8.27. The summed E-state index contributed by atoms with van der Waals surface area (Å²) in [6.07, 6.45) is -4.46. The zero-order chi connectivity index (χ0) is 11.9. The van der Waals surface area contributed by atoms with E-state index in [4.69, 9.17) is 11.6 Å². The number of rotatable bonds is 2. The Hall–Kier alpha value is -0.490. The first-order valence-corrected chi connectivity index (χ1v) is 4.72. The summed E-state index contributed by atoms with van der Waals surface area (Å²) in [5.74, 6) is -0.506. The van der Waals surface area contributed by atoms with E-state index in [1.807, 2.05) is 0 Å². The van der Waals surface area contributed by atoms with Crippen molar-refractivity contribution in [2.75, 3.05) is 20.2 Å². The Morgan fingerprint density at radius 2 is 2.00 bits per heavy atom. The third-order valence-corrected chi connectivity index (χ3v) is 2.64. The summed E-state index contributed by atoms with van der Waals surface area (Å²) in [5.41, 5.74) is -2.21. The molecule has 0 aliphatic carbocycles. The fraction of sp³-hybridized carbons (Fsp3) is 0.875. The Kier molecular flexibility index (Phi) is 3.21. The zero-order valence-corrected chi connectivity index (χ0v) is 9.02. The lowest BCUT2D eigenvalue weighted by Gasteiger charge is -2.49. The summed E-state index contributed by atoms with van der Waals surface area (Å²) in [6.45, 7) is 0.454. The van der Waals surface area contributed by atoms with Gasteiger partial charge in [0.2, 0.25) is 5.91 Å². The van der Waals surface area contributed by atoms with Gasteiger partial charge in [0, 0.05) is 7.11 Å². The van der Waals surface area contributed by atoms with Crippen molar-refractivity contribution in [1.82, 2.24) is 4.90 Å². The van der Waals surface area contributed by atoms with Gasteiger partial charge in [-0.3, -0.25) is 4.79 Å². The van der Waals surface area contributed by atoms with Gasteiger partial charge in [0.05, 0.1) is 13.1 Å². The van der Waals surface area contributed by atoms with Crippen molar-refractivity contribution in [3.63, 3.8) is 0 Å². The van der Waals surface area contributed by atoms with Gasteiger partial charge in [0.15, 0.2) is 5.60 Å². The molecule has 1 atom stereocenters. The van der Waals surface area contributed by atoms with Crippen LogP contribution in [0.5, 0.6) is 0 Å². The fourth-order valence-corrected chi connectivity index (χ4v) is 1.54. The maximum absolute atomic E-state index is 12.5. The van der Waals surface area contributed by atoms with Gasteiger partial charge < -0.3 is 9.64 Å². The lowest BCUT2D eigenvalue weighted by molar-refractivity contribution is -0.306. The molecule has 1 aliphatic rings. The maximum atomic E-state index is 12.5. The minimum absolute atomic E-state index is 0.483. The van der Waals surface area contributed by atoms with Crippen LogP contribution in [0.4, 0.5) is 13.2 Å². The Balaban J connectivity index is 2.64.